The van der Waals surface area contributed by atoms with Gasteiger partial charge in [-0.1, -0.05) is 0 Å². The lowest BCUT2D eigenvalue weighted by Crippen LogP contribution is -2.43. The van der Waals surface area contributed by atoms with Crippen molar-refractivity contribution in [2.24, 2.45) is 0 Å². The number of rotatable bonds is 3. The number of nitrogens with one attached hydrogen (secondary N) is 2. The van der Waals surface area contributed by atoms with Crippen LogP contribution in [0, 0.1) is 0 Å². The maximum absolute atomic E-state index is 12.0. The number of aromatic carboxylic acids is 1. The molecule has 1 aliphatic rings. The molecule has 2 rings (SSSR count). The summed E-state index contributed by atoms with van der Waals surface area (Å²) in [5.74, 6) is -1.56. The van der Waals surface area contributed by atoms with E-state index in [0.717, 1.165) is 25.9 Å². The van der Waals surface area contributed by atoms with Crippen LogP contribution in [0.25, 0.3) is 0 Å². The highest BCUT2D eigenvalue weighted by atomic mass is 16.4. The van der Waals surface area contributed by atoms with Crippen LogP contribution in [0.2, 0.25) is 0 Å². The van der Waals surface area contributed by atoms with Crippen LogP contribution >= 0.6 is 0 Å². The van der Waals surface area contributed by atoms with E-state index in [1.54, 1.807) is 0 Å². The molecule has 1 aromatic heterocycles. The van der Waals surface area contributed by atoms with Crippen molar-refractivity contribution in [3.05, 3.63) is 29.6 Å². The van der Waals surface area contributed by atoms with E-state index < -0.39 is 11.9 Å². The topological polar surface area (TPSA) is 91.3 Å². The summed E-state index contributed by atoms with van der Waals surface area (Å²) in [7, 11) is 0. The molecule has 0 spiro atoms. The van der Waals surface area contributed by atoms with E-state index in [2.05, 4.69) is 15.6 Å². The van der Waals surface area contributed by atoms with Crippen LogP contribution in [0.1, 0.15) is 33.7 Å². The molecule has 18 heavy (non-hydrogen) atoms. The summed E-state index contributed by atoms with van der Waals surface area (Å²) in [6.45, 7) is 1.72. The third-order valence-corrected chi connectivity index (χ3v) is 2.93. The van der Waals surface area contributed by atoms with E-state index in [1.165, 1.54) is 18.3 Å². The second-order valence-corrected chi connectivity index (χ2v) is 4.20. The first-order valence-corrected chi connectivity index (χ1v) is 5.88. The van der Waals surface area contributed by atoms with Crippen molar-refractivity contribution in [3.63, 3.8) is 0 Å². The van der Waals surface area contributed by atoms with Crippen LogP contribution in [0.15, 0.2) is 18.3 Å². The molecular weight excluding hydrogens is 234 g/mol. The predicted molar refractivity (Wildman–Crippen MR) is 64.6 cm³/mol. The van der Waals surface area contributed by atoms with Gasteiger partial charge in [-0.25, -0.2) is 4.79 Å². The number of pyridine rings is 1. The normalized spacial score (nSPS) is 16.2. The zero-order valence-electron chi connectivity index (χ0n) is 9.85. The maximum atomic E-state index is 12.0. The first kappa shape index (κ1) is 12.5. The van der Waals surface area contributed by atoms with Crippen molar-refractivity contribution in [3.8, 4) is 0 Å². The highest BCUT2D eigenvalue weighted by molar-refractivity contribution is 6.03. The van der Waals surface area contributed by atoms with Gasteiger partial charge in [-0.05, 0) is 38.1 Å². The molecule has 1 fully saturated rings. The van der Waals surface area contributed by atoms with E-state index >= 15 is 0 Å². The van der Waals surface area contributed by atoms with Gasteiger partial charge in [0.2, 0.25) is 0 Å². The number of nitrogens with zero attached hydrogens (tertiary/aromatic N) is 1. The quantitative estimate of drug-likeness (QED) is 0.715. The Morgan fingerprint density at radius 1 is 1.39 bits per heavy atom. The van der Waals surface area contributed by atoms with E-state index in [9.17, 15) is 9.59 Å². The largest absolute Gasteiger partial charge is 0.478 e. The van der Waals surface area contributed by atoms with Crippen LogP contribution < -0.4 is 10.6 Å². The Kier molecular flexibility index (Phi) is 3.88. The third-order valence-electron chi connectivity index (χ3n) is 2.93. The summed E-state index contributed by atoms with van der Waals surface area (Å²) in [5.41, 5.74) is -0.0903. The molecule has 6 heteroatoms. The number of carboxylic acids is 1. The van der Waals surface area contributed by atoms with Gasteiger partial charge in [-0.3, -0.25) is 9.78 Å². The fraction of sp³-hybridized carbons (Fsp3) is 0.417. The Morgan fingerprint density at radius 3 is 2.78 bits per heavy atom. The smallest absolute Gasteiger partial charge is 0.338 e. The molecule has 1 aromatic rings. The number of carbonyl (C=O) groups excluding carboxylic acids is 1. The SMILES string of the molecule is O=C(O)c1cccnc1C(=O)NC1CCNCC1. The molecule has 3 N–H and O–H groups in total. The minimum Gasteiger partial charge on any atom is -0.478 e. The number of piperidine rings is 1. The highest BCUT2D eigenvalue weighted by Crippen LogP contribution is 2.08. The van der Waals surface area contributed by atoms with Gasteiger partial charge in [0.05, 0.1) is 5.56 Å². The molecule has 0 bridgehead atoms. The molecule has 0 saturated carbocycles. The Morgan fingerprint density at radius 2 is 2.11 bits per heavy atom. The minimum atomic E-state index is -1.14. The second kappa shape index (κ2) is 5.59. The van der Waals surface area contributed by atoms with Gasteiger partial charge >= 0.3 is 5.97 Å². The lowest BCUT2D eigenvalue weighted by molar-refractivity contribution is 0.0689. The maximum Gasteiger partial charge on any atom is 0.338 e. The summed E-state index contributed by atoms with van der Waals surface area (Å²) in [6, 6.07) is 2.97. The van der Waals surface area contributed by atoms with Gasteiger partial charge in [0.15, 0.2) is 0 Å². The standard InChI is InChI=1S/C12H15N3O3/c16-11(15-8-3-6-13-7-4-8)10-9(12(17)18)2-1-5-14-10/h1-2,5,8,13H,3-4,6-7H2,(H,15,16)(H,17,18). The van der Waals surface area contributed by atoms with Crippen molar-refractivity contribution in [1.29, 1.82) is 0 Å². The molecular formula is C12H15N3O3. The number of carboxylic acid groups (broad SMARTS) is 1. The van der Waals surface area contributed by atoms with Crippen LogP contribution in [-0.2, 0) is 0 Å². The van der Waals surface area contributed by atoms with Gasteiger partial charge in [-0.2, -0.15) is 0 Å². The van der Waals surface area contributed by atoms with Crippen LogP contribution in [-0.4, -0.2) is 41.1 Å². The number of carbonyl (C=O) groups is 2. The third kappa shape index (κ3) is 2.84. The summed E-state index contributed by atoms with van der Waals surface area (Å²) >= 11 is 0. The molecule has 96 valence electrons. The van der Waals surface area contributed by atoms with Crippen molar-refractivity contribution in [2.75, 3.05) is 13.1 Å². The first-order valence-electron chi connectivity index (χ1n) is 5.88. The van der Waals surface area contributed by atoms with Crippen molar-refractivity contribution in [2.45, 2.75) is 18.9 Å². The summed E-state index contributed by atoms with van der Waals surface area (Å²) in [5, 5.41) is 15.0. The molecule has 1 aliphatic heterocycles. The van der Waals surface area contributed by atoms with Gasteiger partial charge in [-0.15, -0.1) is 0 Å². The van der Waals surface area contributed by atoms with Crippen molar-refractivity contribution >= 4 is 11.9 Å². The highest BCUT2D eigenvalue weighted by Gasteiger charge is 2.21. The van der Waals surface area contributed by atoms with Crippen molar-refractivity contribution in [1.82, 2.24) is 15.6 Å². The van der Waals surface area contributed by atoms with Crippen LogP contribution in [0.4, 0.5) is 0 Å². The fourth-order valence-corrected chi connectivity index (χ4v) is 1.98. The van der Waals surface area contributed by atoms with Gasteiger partial charge in [0.25, 0.3) is 5.91 Å². The summed E-state index contributed by atoms with van der Waals surface area (Å²) in [4.78, 5) is 26.8. The zero-order valence-corrected chi connectivity index (χ0v) is 9.85. The van der Waals surface area contributed by atoms with Crippen molar-refractivity contribution < 1.29 is 14.7 Å². The summed E-state index contributed by atoms with van der Waals surface area (Å²) < 4.78 is 0. The molecule has 0 aliphatic carbocycles. The number of hydrogen-bond donors (Lipinski definition) is 3. The van der Waals surface area contributed by atoms with E-state index in [1.807, 2.05) is 0 Å². The Balaban J connectivity index is 2.10. The summed E-state index contributed by atoms with van der Waals surface area (Å²) in [6.07, 6.45) is 3.12. The molecule has 6 nitrogen and oxygen atoms in total. The second-order valence-electron chi connectivity index (χ2n) is 4.20. The fourth-order valence-electron chi connectivity index (χ4n) is 1.98. The average molecular weight is 249 g/mol. The Bertz CT molecular complexity index is 456. The number of hydrogen-bond acceptors (Lipinski definition) is 4. The lowest BCUT2D eigenvalue weighted by Gasteiger charge is -2.23. The molecule has 2 heterocycles. The minimum absolute atomic E-state index is 0.0245. The van der Waals surface area contributed by atoms with Crippen LogP contribution in [0.5, 0.6) is 0 Å². The molecule has 0 radical (unpaired) electrons. The van der Waals surface area contributed by atoms with E-state index in [4.69, 9.17) is 5.11 Å². The first-order chi connectivity index (χ1) is 8.68. The zero-order chi connectivity index (χ0) is 13.0. The Hall–Kier alpha value is -1.95. The molecule has 0 unspecified atom stereocenters. The van der Waals surface area contributed by atoms with Crippen LogP contribution in [0.3, 0.4) is 0 Å². The molecule has 0 atom stereocenters. The lowest BCUT2D eigenvalue weighted by atomic mass is 10.1. The van der Waals surface area contributed by atoms with E-state index in [0.29, 0.717) is 0 Å². The van der Waals surface area contributed by atoms with Gasteiger partial charge in [0.1, 0.15) is 5.69 Å². The van der Waals surface area contributed by atoms with Gasteiger partial charge < -0.3 is 15.7 Å². The average Bonchev–Trinajstić information content (AvgIpc) is 2.40. The predicted octanol–water partition coefficient (Wildman–Crippen LogP) is 0.262. The number of amides is 1. The van der Waals surface area contributed by atoms with E-state index in [-0.39, 0.29) is 17.3 Å². The monoisotopic (exact) mass is 249 g/mol. The number of aromatic nitrogens is 1. The van der Waals surface area contributed by atoms with Gasteiger partial charge in [0, 0.05) is 12.2 Å². The Labute approximate surface area is 104 Å². The molecule has 1 amide bonds. The molecule has 0 aromatic carbocycles. The molecule has 1 saturated heterocycles.